The summed E-state index contributed by atoms with van der Waals surface area (Å²) in [5, 5.41) is 10.1. The van der Waals surface area contributed by atoms with Gasteiger partial charge < -0.3 is 0 Å². The van der Waals surface area contributed by atoms with Gasteiger partial charge in [0.1, 0.15) is 0 Å². The van der Waals surface area contributed by atoms with Gasteiger partial charge >= 0.3 is 0 Å². The SMILES string of the molecule is [B]c1nnnn1C. The molecule has 2 radical (unpaired) electrons. The number of aryl methyl sites for hydroxylation is 1. The summed E-state index contributed by atoms with van der Waals surface area (Å²) < 4.78 is 1.39. The van der Waals surface area contributed by atoms with Crippen LogP contribution in [0.1, 0.15) is 0 Å². The third-order valence-electron chi connectivity index (χ3n) is 0.653. The average molecular weight is 93.9 g/mol. The van der Waals surface area contributed by atoms with E-state index in [1.807, 2.05) is 0 Å². The van der Waals surface area contributed by atoms with Crippen molar-refractivity contribution in [3.63, 3.8) is 0 Å². The fourth-order valence-corrected chi connectivity index (χ4v) is 0.236. The number of hydrogen-bond acceptors (Lipinski definition) is 3. The van der Waals surface area contributed by atoms with Gasteiger partial charge in [0.2, 0.25) is 0 Å². The molecule has 0 aromatic carbocycles. The average Bonchev–Trinajstić information content (AvgIpc) is 1.91. The Bertz CT molecular complexity index is 142. The molecule has 0 unspecified atom stereocenters. The van der Waals surface area contributed by atoms with E-state index >= 15 is 0 Å². The zero-order chi connectivity index (χ0) is 5.28. The minimum absolute atomic E-state index is 0.333. The molecule has 0 bridgehead atoms. The van der Waals surface area contributed by atoms with E-state index in [-0.39, 0.29) is 0 Å². The molecule has 0 aliphatic rings. The summed E-state index contributed by atoms with van der Waals surface area (Å²) in [5.74, 6) is 0. The lowest BCUT2D eigenvalue weighted by Crippen LogP contribution is -2.16. The van der Waals surface area contributed by atoms with E-state index < -0.39 is 0 Å². The molecule has 0 saturated carbocycles. The summed E-state index contributed by atoms with van der Waals surface area (Å²) >= 11 is 0. The summed E-state index contributed by atoms with van der Waals surface area (Å²) in [5.41, 5.74) is 0.333. The van der Waals surface area contributed by atoms with E-state index in [4.69, 9.17) is 7.85 Å². The van der Waals surface area contributed by atoms with Crippen molar-refractivity contribution in [1.82, 2.24) is 20.2 Å². The molecule has 1 rings (SSSR count). The molecule has 4 nitrogen and oxygen atoms in total. The van der Waals surface area contributed by atoms with E-state index in [9.17, 15) is 0 Å². The topological polar surface area (TPSA) is 43.6 Å². The fraction of sp³-hybridized carbons (Fsp3) is 0.500. The Labute approximate surface area is 41.9 Å². The van der Waals surface area contributed by atoms with Crippen LogP contribution in [0.25, 0.3) is 0 Å². The second-order valence-corrected chi connectivity index (χ2v) is 1.16. The molecule has 0 aliphatic carbocycles. The first-order chi connectivity index (χ1) is 3.30. The first-order valence-electron chi connectivity index (χ1n) is 1.78. The summed E-state index contributed by atoms with van der Waals surface area (Å²) in [7, 11) is 6.84. The van der Waals surface area contributed by atoms with Crippen molar-refractivity contribution in [3.05, 3.63) is 0 Å². The van der Waals surface area contributed by atoms with Crippen molar-refractivity contribution in [2.45, 2.75) is 0 Å². The van der Waals surface area contributed by atoms with Crippen molar-refractivity contribution < 1.29 is 0 Å². The number of rotatable bonds is 0. The maximum atomic E-state index is 5.17. The minimum Gasteiger partial charge on any atom is -0.244 e. The van der Waals surface area contributed by atoms with Gasteiger partial charge in [0.15, 0.2) is 7.85 Å². The highest BCUT2D eigenvalue weighted by Gasteiger charge is 1.87. The normalized spacial score (nSPS) is 9.29. The van der Waals surface area contributed by atoms with Crippen molar-refractivity contribution >= 4 is 13.6 Å². The van der Waals surface area contributed by atoms with Crippen LogP contribution in [0.2, 0.25) is 0 Å². The van der Waals surface area contributed by atoms with Gasteiger partial charge in [-0.1, -0.05) is 0 Å². The Morgan fingerprint density at radius 2 is 2.43 bits per heavy atom. The lowest BCUT2D eigenvalue weighted by atomic mass is 10.1. The Balaban J connectivity index is 3.12. The molecule has 34 valence electrons. The van der Waals surface area contributed by atoms with Gasteiger partial charge in [-0.15, -0.1) is 5.10 Å². The van der Waals surface area contributed by atoms with Gasteiger partial charge in [0.25, 0.3) is 0 Å². The van der Waals surface area contributed by atoms with Gasteiger partial charge in [-0.3, -0.25) is 0 Å². The maximum Gasteiger partial charge on any atom is 0.172 e. The molecule has 5 heteroatoms. The molecule has 0 amide bonds. The van der Waals surface area contributed by atoms with E-state index in [0.717, 1.165) is 0 Å². The lowest BCUT2D eigenvalue weighted by molar-refractivity contribution is 0.720. The van der Waals surface area contributed by atoms with Gasteiger partial charge in [0, 0.05) is 7.05 Å². The quantitative estimate of drug-likeness (QED) is 0.349. The van der Waals surface area contributed by atoms with Gasteiger partial charge in [-0.05, 0) is 10.4 Å². The molecule has 1 aromatic rings. The van der Waals surface area contributed by atoms with Gasteiger partial charge in [0.05, 0.1) is 5.72 Å². The highest BCUT2D eigenvalue weighted by Crippen LogP contribution is 1.54. The smallest absolute Gasteiger partial charge is 0.172 e. The monoisotopic (exact) mass is 94.0 g/mol. The molecule has 0 saturated heterocycles. The highest BCUT2D eigenvalue weighted by atomic mass is 15.5. The summed E-state index contributed by atoms with van der Waals surface area (Å²) in [6.45, 7) is 0. The first kappa shape index (κ1) is 4.30. The predicted octanol–water partition coefficient (Wildman–Crippen LogP) is -2.00. The van der Waals surface area contributed by atoms with Crippen LogP contribution in [-0.2, 0) is 7.05 Å². The molecule has 1 aromatic heterocycles. The Morgan fingerprint density at radius 3 is 2.57 bits per heavy atom. The lowest BCUT2D eigenvalue weighted by Gasteiger charge is -1.82. The number of tetrazole rings is 1. The van der Waals surface area contributed by atoms with Gasteiger partial charge in [-0.2, -0.15) is 0 Å². The fourth-order valence-electron chi connectivity index (χ4n) is 0.236. The van der Waals surface area contributed by atoms with E-state index in [2.05, 4.69) is 15.5 Å². The molecule has 0 fully saturated rings. The molecule has 0 atom stereocenters. The van der Waals surface area contributed by atoms with Gasteiger partial charge in [-0.25, -0.2) is 4.68 Å². The summed E-state index contributed by atoms with van der Waals surface area (Å²) in [4.78, 5) is 0. The van der Waals surface area contributed by atoms with Crippen LogP contribution < -0.4 is 5.72 Å². The van der Waals surface area contributed by atoms with Crippen molar-refractivity contribution in [3.8, 4) is 0 Å². The molecular formula is C2H3BN4. The number of nitrogens with zero attached hydrogens (tertiary/aromatic N) is 4. The number of hydrogen-bond donors (Lipinski definition) is 0. The largest absolute Gasteiger partial charge is 0.244 e. The second-order valence-electron chi connectivity index (χ2n) is 1.16. The maximum absolute atomic E-state index is 5.17. The minimum atomic E-state index is 0.333. The molecule has 0 N–H and O–H groups in total. The molecular weight excluding hydrogens is 90.9 g/mol. The first-order valence-corrected chi connectivity index (χ1v) is 1.78. The van der Waals surface area contributed by atoms with Crippen LogP contribution in [0.15, 0.2) is 0 Å². The van der Waals surface area contributed by atoms with Crippen LogP contribution in [0.4, 0.5) is 0 Å². The molecule has 1 heterocycles. The van der Waals surface area contributed by atoms with Crippen molar-refractivity contribution in [1.29, 1.82) is 0 Å². The molecule has 7 heavy (non-hydrogen) atoms. The van der Waals surface area contributed by atoms with E-state index in [0.29, 0.717) is 5.72 Å². The summed E-state index contributed by atoms with van der Waals surface area (Å²) in [6.07, 6.45) is 0. The van der Waals surface area contributed by atoms with Crippen LogP contribution >= 0.6 is 0 Å². The summed E-state index contributed by atoms with van der Waals surface area (Å²) in [6, 6.07) is 0. The zero-order valence-corrected chi connectivity index (χ0v) is 3.87. The van der Waals surface area contributed by atoms with Crippen LogP contribution in [0.5, 0.6) is 0 Å². The Hall–Kier alpha value is -0.865. The second kappa shape index (κ2) is 1.33. The highest BCUT2D eigenvalue weighted by molar-refractivity contribution is 6.28. The standard InChI is InChI=1S/C2H3BN4/c1-7-2(3)4-5-6-7/h1H3. The van der Waals surface area contributed by atoms with E-state index in [1.54, 1.807) is 7.05 Å². The third-order valence-corrected chi connectivity index (χ3v) is 0.653. The molecule has 0 aliphatic heterocycles. The van der Waals surface area contributed by atoms with Crippen molar-refractivity contribution in [2.75, 3.05) is 0 Å². The van der Waals surface area contributed by atoms with E-state index in [1.165, 1.54) is 4.68 Å². The Kier molecular flexibility index (Phi) is 0.815. The third kappa shape index (κ3) is 0.605. The predicted molar refractivity (Wildman–Crippen MR) is 24.2 cm³/mol. The molecule has 0 spiro atoms. The van der Waals surface area contributed by atoms with Crippen LogP contribution in [0.3, 0.4) is 0 Å². The Morgan fingerprint density at radius 1 is 1.71 bits per heavy atom. The van der Waals surface area contributed by atoms with Crippen LogP contribution in [-0.4, -0.2) is 28.1 Å². The van der Waals surface area contributed by atoms with Crippen molar-refractivity contribution in [2.24, 2.45) is 7.05 Å². The number of aromatic nitrogens is 4. The zero-order valence-electron chi connectivity index (χ0n) is 3.87. The van der Waals surface area contributed by atoms with Crippen LogP contribution in [0, 0.1) is 0 Å².